The largest absolute Gasteiger partial charge is 0.390 e. The second kappa shape index (κ2) is 3.91. The second-order valence-electron chi connectivity index (χ2n) is 4.07. The van der Waals surface area contributed by atoms with E-state index in [2.05, 4.69) is 26.8 Å². The summed E-state index contributed by atoms with van der Waals surface area (Å²) in [5.74, 6) is 0.331. The maximum Gasteiger partial charge on any atom is 0.0620 e. The summed E-state index contributed by atoms with van der Waals surface area (Å²) >= 11 is 0. The zero-order valence-electron chi connectivity index (χ0n) is 8.31. The van der Waals surface area contributed by atoms with E-state index in [0.717, 1.165) is 6.42 Å². The van der Waals surface area contributed by atoms with Gasteiger partial charge < -0.3 is 5.11 Å². The van der Waals surface area contributed by atoms with Crippen molar-refractivity contribution >= 4 is 0 Å². The van der Waals surface area contributed by atoms with Crippen LogP contribution in [0.4, 0.5) is 0 Å². The van der Waals surface area contributed by atoms with Crippen molar-refractivity contribution in [1.82, 2.24) is 0 Å². The van der Waals surface area contributed by atoms with Gasteiger partial charge in [-0.1, -0.05) is 18.6 Å². The van der Waals surface area contributed by atoms with Crippen LogP contribution in [0.5, 0.6) is 0 Å². The number of aliphatic hydroxyl groups is 1. The maximum absolute atomic E-state index is 9.57. The van der Waals surface area contributed by atoms with Crippen LogP contribution in [0.25, 0.3) is 0 Å². The Morgan fingerprint density at radius 3 is 2.18 bits per heavy atom. The smallest absolute Gasteiger partial charge is 0.0620 e. The van der Waals surface area contributed by atoms with Gasteiger partial charge in [0.25, 0.3) is 0 Å². The SMILES string of the molecule is CC(C)=CCC(C)C(C)(C)O. The predicted molar refractivity (Wildman–Crippen MR) is 49.5 cm³/mol. The minimum Gasteiger partial charge on any atom is -0.390 e. The van der Waals surface area contributed by atoms with Gasteiger partial charge in [-0.2, -0.15) is 0 Å². The Hall–Kier alpha value is -0.300. The molecular formula is C10H20O. The molecule has 11 heavy (non-hydrogen) atoms. The molecule has 0 aliphatic carbocycles. The van der Waals surface area contributed by atoms with E-state index in [1.54, 1.807) is 0 Å². The highest BCUT2D eigenvalue weighted by Gasteiger charge is 2.20. The van der Waals surface area contributed by atoms with Crippen LogP contribution >= 0.6 is 0 Å². The minimum absolute atomic E-state index is 0.331. The molecular weight excluding hydrogens is 136 g/mol. The molecule has 1 N–H and O–H groups in total. The Bertz CT molecular complexity index is 135. The molecule has 0 aliphatic heterocycles. The van der Waals surface area contributed by atoms with Crippen LogP contribution in [0.1, 0.15) is 41.0 Å². The van der Waals surface area contributed by atoms with E-state index in [0.29, 0.717) is 5.92 Å². The van der Waals surface area contributed by atoms with Gasteiger partial charge in [0.2, 0.25) is 0 Å². The fraction of sp³-hybridized carbons (Fsp3) is 0.800. The molecule has 0 spiro atoms. The van der Waals surface area contributed by atoms with Crippen LogP contribution in [-0.2, 0) is 0 Å². The van der Waals surface area contributed by atoms with E-state index in [4.69, 9.17) is 0 Å². The summed E-state index contributed by atoms with van der Waals surface area (Å²) in [6, 6.07) is 0. The highest BCUT2D eigenvalue weighted by atomic mass is 16.3. The van der Waals surface area contributed by atoms with Crippen molar-refractivity contribution in [3.05, 3.63) is 11.6 Å². The number of allylic oxidation sites excluding steroid dienone is 2. The van der Waals surface area contributed by atoms with Gasteiger partial charge >= 0.3 is 0 Å². The first-order chi connectivity index (χ1) is 4.84. The standard InChI is InChI=1S/C10H20O/c1-8(2)6-7-9(3)10(4,5)11/h6,9,11H,7H2,1-5H3. The van der Waals surface area contributed by atoms with Gasteiger partial charge in [0.15, 0.2) is 0 Å². The fourth-order valence-electron chi connectivity index (χ4n) is 0.701. The number of rotatable bonds is 3. The van der Waals surface area contributed by atoms with Crippen molar-refractivity contribution < 1.29 is 5.11 Å². The van der Waals surface area contributed by atoms with E-state index in [1.807, 2.05) is 13.8 Å². The molecule has 0 radical (unpaired) electrons. The Morgan fingerprint density at radius 2 is 1.91 bits per heavy atom. The zero-order valence-corrected chi connectivity index (χ0v) is 8.31. The molecule has 66 valence electrons. The first kappa shape index (κ1) is 10.7. The second-order valence-corrected chi connectivity index (χ2v) is 4.07. The normalized spacial score (nSPS) is 14.4. The monoisotopic (exact) mass is 156 g/mol. The molecule has 0 heterocycles. The lowest BCUT2D eigenvalue weighted by atomic mass is 9.89. The van der Waals surface area contributed by atoms with Crippen LogP contribution in [0.15, 0.2) is 11.6 Å². The van der Waals surface area contributed by atoms with E-state index >= 15 is 0 Å². The highest BCUT2D eigenvalue weighted by molar-refractivity contribution is 4.95. The van der Waals surface area contributed by atoms with Crippen molar-refractivity contribution in [2.24, 2.45) is 5.92 Å². The third kappa shape index (κ3) is 5.02. The molecule has 0 bridgehead atoms. The molecule has 0 aromatic carbocycles. The van der Waals surface area contributed by atoms with Gasteiger partial charge in [0.05, 0.1) is 5.60 Å². The average molecular weight is 156 g/mol. The minimum atomic E-state index is -0.550. The molecule has 0 aromatic heterocycles. The van der Waals surface area contributed by atoms with Crippen LogP contribution in [0.2, 0.25) is 0 Å². The van der Waals surface area contributed by atoms with Crippen molar-refractivity contribution in [2.75, 3.05) is 0 Å². The molecule has 0 fully saturated rings. The summed E-state index contributed by atoms with van der Waals surface area (Å²) in [5.41, 5.74) is 0.771. The van der Waals surface area contributed by atoms with Gasteiger partial charge in [-0.3, -0.25) is 0 Å². The summed E-state index contributed by atoms with van der Waals surface area (Å²) < 4.78 is 0. The van der Waals surface area contributed by atoms with E-state index in [9.17, 15) is 5.11 Å². The summed E-state index contributed by atoms with van der Waals surface area (Å²) in [6.07, 6.45) is 3.13. The third-order valence-corrected chi connectivity index (χ3v) is 2.09. The summed E-state index contributed by atoms with van der Waals surface area (Å²) in [4.78, 5) is 0. The van der Waals surface area contributed by atoms with Gasteiger partial charge in [-0.05, 0) is 40.0 Å². The van der Waals surface area contributed by atoms with E-state index in [-0.39, 0.29) is 0 Å². The molecule has 0 amide bonds. The molecule has 1 unspecified atom stereocenters. The van der Waals surface area contributed by atoms with Crippen LogP contribution in [0, 0.1) is 5.92 Å². The highest BCUT2D eigenvalue weighted by Crippen LogP contribution is 2.19. The van der Waals surface area contributed by atoms with Gasteiger partial charge in [0.1, 0.15) is 0 Å². The number of hydrogen-bond acceptors (Lipinski definition) is 1. The Balaban J connectivity index is 3.89. The Labute approximate surface area is 70.1 Å². The molecule has 0 rings (SSSR count). The molecule has 1 heteroatoms. The third-order valence-electron chi connectivity index (χ3n) is 2.09. The molecule has 0 saturated carbocycles. The topological polar surface area (TPSA) is 20.2 Å². The molecule has 0 saturated heterocycles. The lowest BCUT2D eigenvalue weighted by Crippen LogP contribution is -2.27. The van der Waals surface area contributed by atoms with Crippen molar-refractivity contribution in [1.29, 1.82) is 0 Å². The number of hydrogen-bond donors (Lipinski definition) is 1. The molecule has 0 aliphatic rings. The summed E-state index contributed by atoms with van der Waals surface area (Å²) in [5, 5.41) is 9.57. The zero-order chi connectivity index (χ0) is 9.07. The lowest BCUT2D eigenvalue weighted by molar-refractivity contribution is 0.0261. The van der Waals surface area contributed by atoms with Crippen LogP contribution in [0.3, 0.4) is 0 Å². The van der Waals surface area contributed by atoms with Gasteiger partial charge in [0, 0.05) is 0 Å². The van der Waals surface area contributed by atoms with Crippen molar-refractivity contribution in [2.45, 2.75) is 46.6 Å². The fourth-order valence-corrected chi connectivity index (χ4v) is 0.701. The van der Waals surface area contributed by atoms with Gasteiger partial charge in [-0.25, -0.2) is 0 Å². The quantitative estimate of drug-likeness (QED) is 0.623. The Kier molecular flexibility index (Phi) is 3.81. The van der Waals surface area contributed by atoms with Crippen molar-refractivity contribution in [3.8, 4) is 0 Å². The maximum atomic E-state index is 9.57. The van der Waals surface area contributed by atoms with Gasteiger partial charge in [-0.15, -0.1) is 0 Å². The molecule has 1 atom stereocenters. The van der Waals surface area contributed by atoms with E-state index < -0.39 is 5.60 Å². The molecule has 0 aromatic rings. The average Bonchev–Trinajstić information content (AvgIpc) is 1.80. The summed E-state index contributed by atoms with van der Waals surface area (Å²) in [6.45, 7) is 9.95. The first-order valence-corrected chi connectivity index (χ1v) is 4.19. The summed E-state index contributed by atoms with van der Waals surface area (Å²) in [7, 11) is 0. The van der Waals surface area contributed by atoms with Crippen LogP contribution in [-0.4, -0.2) is 10.7 Å². The lowest BCUT2D eigenvalue weighted by Gasteiger charge is -2.24. The predicted octanol–water partition coefficient (Wildman–Crippen LogP) is 2.75. The van der Waals surface area contributed by atoms with E-state index in [1.165, 1.54) is 5.57 Å². The van der Waals surface area contributed by atoms with Crippen LogP contribution < -0.4 is 0 Å². The first-order valence-electron chi connectivity index (χ1n) is 4.19. The Morgan fingerprint density at radius 1 is 1.45 bits per heavy atom. The molecule has 1 nitrogen and oxygen atoms in total. The van der Waals surface area contributed by atoms with Crippen molar-refractivity contribution in [3.63, 3.8) is 0 Å².